The first-order chi connectivity index (χ1) is 23.2. The molecule has 0 aliphatic carbocycles. The number of nitrogens with two attached hydrogens (primary N) is 1. The largest absolute Gasteiger partial charge is 0.480 e. The zero-order valence-electron chi connectivity index (χ0n) is 30.6. The quantitative estimate of drug-likeness (QED) is 0.0246. The van der Waals surface area contributed by atoms with E-state index in [1.807, 2.05) is 0 Å². The van der Waals surface area contributed by atoms with Crippen LogP contribution in [0, 0.1) is 0 Å². The van der Waals surface area contributed by atoms with Gasteiger partial charge in [0.1, 0.15) is 12.1 Å². The summed E-state index contributed by atoms with van der Waals surface area (Å²) in [7, 11) is -4.60. The van der Waals surface area contributed by atoms with E-state index in [0.717, 1.165) is 57.8 Å². The number of phosphoric acid groups is 1. The molecular weight excluding hydrogens is 633 g/mol. The Balaban J connectivity index is 4.29. The molecule has 0 saturated carbocycles. The van der Waals surface area contributed by atoms with E-state index >= 15 is 0 Å². The molecule has 10 nitrogen and oxygen atoms in total. The van der Waals surface area contributed by atoms with Gasteiger partial charge in [-0.05, 0) is 38.5 Å². The van der Waals surface area contributed by atoms with Gasteiger partial charge in [-0.15, -0.1) is 0 Å². The molecule has 0 aromatic carbocycles. The predicted molar refractivity (Wildman–Crippen MR) is 194 cm³/mol. The summed E-state index contributed by atoms with van der Waals surface area (Å²) in [6.45, 7) is 3.85. The zero-order chi connectivity index (χ0) is 35.6. The van der Waals surface area contributed by atoms with Crippen LogP contribution in [0.3, 0.4) is 0 Å². The molecule has 284 valence electrons. The molecule has 0 bridgehead atoms. The number of esters is 1. The molecule has 0 aliphatic heterocycles. The standard InChI is InChI=1S/C37H72NO9P/c1-3-5-7-9-11-13-15-17-18-20-22-24-26-28-30-44-31-34(32-45-48(42,43)46-33-35(38)37(40)41)47-36(39)29-27-25-23-21-19-16-14-12-10-8-6-4-2/h12,14,34-35H,3-11,13,15-33,38H2,1-2H3,(H,40,41)(H,42,43)/b14-12-/t34-,35+/m1/s1. The maximum atomic E-state index is 12.5. The molecule has 0 aromatic heterocycles. The van der Waals surface area contributed by atoms with E-state index in [0.29, 0.717) is 13.0 Å². The van der Waals surface area contributed by atoms with Crippen molar-refractivity contribution < 1.29 is 42.7 Å². The number of carboxylic acids is 1. The van der Waals surface area contributed by atoms with Crippen molar-refractivity contribution >= 4 is 19.8 Å². The highest BCUT2D eigenvalue weighted by Gasteiger charge is 2.27. The minimum atomic E-state index is -4.60. The number of allylic oxidation sites excluding steroid dienone is 2. The Hall–Kier alpha value is -1.29. The van der Waals surface area contributed by atoms with E-state index in [-0.39, 0.29) is 13.0 Å². The lowest BCUT2D eigenvalue weighted by Gasteiger charge is -2.20. The van der Waals surface area contributed by atoms with Crippen molar-refractivity contribution in [3.8, 4) is 0 Å². The maximum absolute atomic E-state index is 12.5. The Morgan fingerprint density at radius 2 is 1.08 bits per heavy atom. The van der Waals surface area contributed by atoms with Crippen LogP contribution in [0.5, 0.6) is 0 Å². The fourth-order valence-electron chi connectivity index (χ4n) is 5.24. The van der Waals surface area contributed by atoms with Gasteiger partial charge in [0.15, 0.2) is 0 Å². The van der Waals surface area contributed by atoms with Crippen LogP contribution in [0.25, 0.3) is 0 Å². The molecule has 0 spiro atoms. The molecule has 4 N–H and O–H groups in total. The number of unbranched alkanes of at least 4 members (excludes halogenated alkanes) is 21. The maximum Gasteiger partial charge on any atom is 0.472 e. The first-order valence-corrected chi connectivity index (χ1v) is 20.7. The van der Waals surface area contributed by atoms with Crippen LogP contribution in [0.1, 0.15) is 174 Å². The number of hydrogen-bond donors (Lipinski definition) is 3. The van der Waals surface area contributed by atoms with Crippen molar-refractivity contribution in [2.45, 2.75) is 187 Å². The summed E-state index contributed by atoms with van der Waals surface area (Å²) in [6, 6.07) is -1.47. The number of rotatable bonds is 37. The fourth-order valence-corrected chi connectivity index (χ4v) is 6.02. The van der Waals surface area contributed by atoms with E-state index in [9.17, 15) is 19.0 Å². The highest BCUT2D eigenvalue weighted by atomic mass is 31.2. The van der Waals surface area contributed by atoms with Crippen LogP contribution < -0.4 is 5.73 Å². The van der Waals surface area contributed by atoms with Crippen molar-refractivity contribution in [1.29, 1.82) is 0 Å². The lowest BCUT2D eigenvalue weighted by atomic mass is 10.0. The molecule has 0 rings (SSSR count). The normalized spacial score (nSPS) is 14.2. The number of carbonyl (C=O) groups excluding carboxylic acids is 1. The van der Waals surface area contributed by atoms with Gasteiger partial charge in [-0.2, -0.15) is 0 Å². The Labute approximate surface area is 292 Å². The van der Waals surface area contributed by atoms with Gasteiger partial charge in [-0.3, -0.25) is 18.6 Å². The Kier molecular flexibility index (Phi) is 33.3. The molecule has 1 unspecified atom stereocenters. The molecule has 0 aromatic rings. The first-order valence-electron chi connectivity index (χ1n) is 19.2. The highest BCUT2D eigenvalue weighted by Crippen LogP contribution is 2.43. The zero-order valence-corrected chi connectivity index (χ0v) is 31.5. The van der Waals surface area contributed by atoms with Gasteiger partial charge in [0, 0.05) is 13.0 Å². The second-order valence-corrected chi connectivity index (χ2v) is 14.5. The Morgan fingerprint density at radius 1 is 0.646 bits per heavy atom. The van der Waals surface area contributed by atoms with E-state index in [4.69, 9.17) is 24.8 Å². The molecule has 0 aliphatic rings. The number of carboxylic acid groups (broad SMARTS) is 1. The molecule has 0 fully saturated rings. The van der Waals surface area contributed by atoms with Crippen molar-refractivity contribution in [2.75, 3.05) is 26.4 Å². The van der Waals surface area contributed by atoms with Gasteiger partial charge in [-0.1, -0.05) is 142 Å². The summed E-state index contributed by atoms with van der Waals surface area (Å²) < 4.78 is 33.2. The van der Waals surface area contributed by atoms with Gasteiger partial charge in [0.25, 0.3) is 0 Å². The van der Waals surface area contributed by atoms with Crippen LogP contribution in [0.15, 0.2) is 12.2 Å². The molecule has 0 amide bonds. The van der Waals surface area contributed by atoms with Gasteiger partial charge < -0.3 is 25.2 Å². The smallest absolute Gasteiger partial charge is 0.472 e. The van der Waals surface area contributed by atoms with Crippen molar-refractivity contribution in [2.24, 2.45) is 5.73 Å². The van der Waals surface area contributed by atoms with Crippen molar-refractivity contribution in [3.63, 3.8) is 0 Å². The average Bonchev–Trinajstić information content (AvgIpc) is 3.06. The minimum absolute atomic E-state index is 0.0186. The number of hydrogen-bond acceptors (Lipinski definition) is 8. The number of phosphoric ester groups is 1. The van der Waals surface area contributed by atoms with E-state index in [2.05, 4.69) is 30.5 Å². The molecule has 3 atom stereocenters. The topological polar surface area (TPSA) is 155 Å². The van der Waals surface area contributed by atoms with Crippen LogP contribution >= 0.6 is 7.82 Å². The summed E-state index contributed by atoms with van der Waals surface area (Å²) in [6.07, 6.45) is 32.6. The van der Waals surface area contributed by atoms with Gasteiger partial charge in [0.05, 0.1) is 19.8 Å². The summed E-state index contributed by atoms with van der Waals surface area (Å²) >= 11 is 0. The summed E-state index contributed by atoms with van der Waals surface area (Å²) in [5, 5.41) is 8.86. The van der Waals surface area contributed by atoms with Crippen molar-refractivity contribution in [3.05, 3.63) is 12.2 Å². The van der Waals surface area contributed by atoms with E-state index in [1.165, 1.54) is 89.9 Å². The predicted octanol–water partition coefficient (Wildman–Crippen LogP) is 9.81. The Bertz CT molecular complexity index is 827. The SMILES string of the molecule is CCCCC/C=C\CCCCCCCC(=O)O[C@H](COCCCCCCCCCCCCCCCC)COP(=O)(O)OC[C@H](N)C(=O)O. The first kappa shape index (κ1) is 46.7. The lowest BCUT2D eigenvalue weighted by Crippen LogP contribution is -2.34. The van der Waals surface area contributed by atoms with Gasteiger partial charge in [0.2, 0.25) is 0 Å². The third-order valence-electron chi connectivity index (χ3n) is 8.29. The molecule has 11 heteroatoms. The number of ether oxygens (including phenoxy) is 2. The lowest BCUT2D eigenvalue weighted by molar-refractivity contribution is -0.154. The fraction of sp³-hybridized carbons (Fsp3) is 0.892. The molecule has 48 heavy (non-hydrogen) atoms. The summed E-state index contributed by atoms with van der Waals surface area (Å²) in [5.41, 5.74) is 5.33. The number of aliphatic carboxylic acids is 1. The van der Waals surface area contributed by atoms with Gasteiger partial charge in [-0.25, -0.2) is 4.57 Å². The van der Waals surface area contributed by atoms with Crippen molar-refractivity contribution in [1.82, 2.24) is 0 Å². The van der Waals surface area contributed by atoms with Crippen LogP contribution in [0.2, 0.25) is 0 Å². The second-order valence-electron chi connectivity index (χ2n) is 13.1. The van der Waals surface area contributed by atoms with Crippen LogP contribution in [-0.2, 0) is 32.7 Å². The second kappa shape index (κ2) is 34.2. The third kappa shape index (κ3) is 33.2. The number of carbonyl (C=O) groups is 2. The van der Waals surface area contributed by atoms with E-state index < -0.39 is 45.1 Å². The third-order valence-corrected chi connectivity index (χ3v) is 9.25. The molecular formula is C37H72NO9P. The van der Waals surface area contributed by atoms with Crippen LogP contribution in [0.4, 0.5) is 0 Å². The highest BCUT2D eigenvalue weighted by molar-refractivity contribution is 7.47. The van der Waals surface area contributed by atoms with E-state index in [1.54, 1.807) is 0 Å². The van der Waals surface area contributed by atoms with Gasteiger partial charge >= 0.3 is 19.8 Å². The molecule has 0 heterocycles. The molecule has 0 saturated heterocycles. The average molecular weight is 706 g/mol. The summed E-state index contributed by atoms with van der Waals surface area (Å²) in [4.78, 5) is 33.3. The molecule has 0 radical (unpaired) electrons. The Morgan fingerprint density at radius 3 is 1.62 bits per heavy atom. The van der Waals surface area contributed by atoms with Crippen LogP contribution in [-0.4, -0.2) is 60.5 Å². The monoisotopic (exact) mass is 705 g/mol. The minimum Gasteiger partial charge on any atom is -0.480 e. The summed E-state index contributed by atoms with van der Waals surface area (Å²) in [5.74, 6) is -1.78.